The number of rotatable bonds is 9. The number of aromatic nitrogens is 2. The Bertz CT molecular complexity index is 1440. The summed E-state index contributed by atoms with van der Waals surface area (Å²) in [6.45, 7) is 7.51. The third-order valence-corrected chi connectivity index (χ3v) is 7.75. The molecule has 4 atom stereocenters. The monoisotopic (exact) mass is 634 g/mol. The first-order chi connectivity index (χ1) is 20.2. The number of carbonyl (C=O) groups is 1. The Kier molecular flexibility index (Phi) is 11.7. The summed E-state index contributed by atoms with van der Waals surface area (Å²) in [4.78, 5) is 12.0. The van der Waals surface area contributed by atoms with Crippen molar-refractivity contribution in [1.29, 1.82) is 5.26 Å². The van der Waals surface area contributed by atoms with Crippen molar-refractivity contribution >= 4 is 35.4 Å². The van der Waals surface area contributed by atoms with Crippen molar-refractivity contribution in [2.75, 3.05) is 32.5 Å². The molecule has 3 unspecified atom stereocenters. The van der Waals surface area contributed by atoms with Crippen molar-refractivity contribution in [1.82, 2.24) is 20.0 Å². The molecule has 1 fully saturated rings. The summed E-state index contributed by atoms with van der Waals surface area (Å²) in [6.07, 6.45) is 2.43. The van der Waals surface area contributed by atoms with Crippen molar-refractivity contribution in [3.63, 3.8) is 0 Å². The number of anilines is 1. The molecule has 1 aliphatic rings. The average molecular weight is 636 g/mol. The second-order valence-corrected chi connectivity index (χ2v) is 13.0. The lowest BCUT2D eigenvalue weighted by Gasteiger charge is -2.37. The van der Waals surface area contributed by atoms with Gasteiger partial charge in [0.05, 0.1) is 23.7 Å². The van der Waals surface area contributed by atoms with E-state index >= 15 is 4.39 Å². The lowest BCUT2D eigenvalue weighted by Crippen LogP contribution is -2.44. The minimum Gasteiger partial charge on any atom is -0.390 e. The van der Waals surface area contributed by atoms with Crippen LogP contribution in [0.25, 0.3) is 0 Å². The van der Waals surface area contributed by atoms with E-state index in [2.05, 4.69) is 42.6 Å². The van der Waals surface area contributed by atoms with Gasteiger partial charge in [-0.25, -0.2) is 8.78 Å². The number of aliphatic hydroxyl groups is 1. The minimum atomic E-state index is -1.30. The van der Waals surface area contributed by atoms with Gasteiger partial charge in [-0.05, 0) is 49.7 Å². The molecule has 3 N–H and O–H groups in total. The zero-order chi connectivity index (χ0) is 31.9. The maximum Gasteiger partial charge on any atom is 0.212 e. The zero-order valence-electron chi connectivity index (χ0n) is 24.9. The Labute approximate surface area is 261 Å². The molecule has 0 radical (unpaired) electrons. The predicted octanol–water partition coefficient (Wildman–Crippen LogP) is 5.60. The van der Waals surface area contributed by atoms with E-state index in [1.54, 1.807) is 41.2 Å². The fourth-order valence-electron chi connectivity index (χ4n) is 5.53. The van der Waals surface area contributed by atoms with Crippen LogP contribution in [0.4, 0.5) is 14.6 Å². The summed E-state index contributed by atoms with van der Waals surface area (Å²) in [5.74, 6) is -1.24. The molecule has 12 heteroatoms. The SMILES string of the molecule is CC(C)(C)CC1NCC(c2cccc(Cl)c2F)[C@@]1(C#N)c1ccc(Cl)cc1F.CN(C)CC(O)Cn1ccc(NC=O)n1. The molecule has 0 bridgehead atoms. The topological polar surface area (TPSA) is 106 Å². The number of nitriles is 1. The quantitative estimate of drug-likeness (QED) is 0.265. The second-order valence-electron chi connectivity index (χ2n) is 12.1. The highest BCUT2D eigenvalue weighted by Crippen LogP contribution is 2.50. The van der Waals surface area contributed by atoms with Crippen LogP contribution in [0.2, 0.25) is 10.0 Å². The first-order valence-electron chi connectivity index (χ1n) is 13.8. The van der Waals surface area contributed by atoms with E-state index in [-0.39, 0.29) is 27.1 Å². The smallest absolute Gasteiger partial charge is 0.212 e. The van der Waals surface area contributed by atoms with Gasteiger partial charge in [0.15, 0.2) is 5.82 Å². The standard InChI is InChI=1S/C22H22Cl2F2N2.C9H16N4O2/c1-21(2,3)10-19-22(12-27,15-8-7-13(23)9-18(15)25)16(11-28-19)14-5-4-6-17(24)20(14)26;1-12(2)5-8(15)6-13-4-3-9(11-13)10-7-14/h4-9,16,19,28H,10-11H2,1-3H3;3-4,7-8,15H,5-6H2,1-2H3,(H,10,11,14)/t16?,19?,22-;/m1./s1. The molecule has 1 amide bonds. The Balaban J connectivity index is 0.000000285. The molecule has 8 nitrogen and oxygen atoms in total. The van der Waals surface area contributed by atoms with E-state index < -0.39 is 29.1 Å². The number of aliphatic hydroxyl groups excluding tert-OH is 1. The number of nitrogens with zero attached hydrogens (tertiary/aromatic N) is 4. The summed E-state index contributed by atoms with van der Waals surface area (Å²) >= 11 is 11.9. The number of benzene rings is 2. The van der Waals surface area contributed by atoms with Crippen LogP contribution in [0.5, 0.6) is 0 Å². The van der Waals surface area contributed by atoms with Crippen LogP contribution in [0.1, 0.15) is 44.2 Å². The van der Waals surface area contributed by atoms with Gasteiger partial charge in [-0.15, -0.1) is 0 Å². The first kappa shape index (κ1) is 34.4. The fourth-order valence-corrected chi connectivity index (χ4v) is 5.87. The molecule has 43 heavy (non-hydrogen) atoms. The van der Waals surface area contributed by atoms with Crippen molar-refractivity contribution in [3.8, 4) is 6.07 Å². The van der Waals surface area contributed by atoms with Crippen molar-refractivity contribution in [3.05, 3.63) is 81.5 Å². The normalized spacial score (nSPS) is 20.7. The summed E-state index contributed by atoms with van der Waals surface area (Å²) in [5.41, 5.74) is -0.881. The Morgan fingerprint density at radius 1 is 1.28 bits per heavy atom. The number of halogens is 4. The lowest BCUT2D eigenvalue weighted by molar-refractivity contribution is -0.105. The van der Waals surface area contributed by atoms with Crippen molar-refractivity contribution in [2.24, 2.45) is 5.41 Å². The molecule has 1 saturated heterocycles. The molecule has 0 saturated carbocycles. The maximum atomic E-state index is 15.0. The van der Waals surface area contributed by atoms with Crippen LogP contribution in [-0.2, 0) is 16.8 Å². The summed E-state index contributed by atoms with van der Waals surface area (Å²) in [6, 6.07) is 12.7. The van der Waals surface area contributed by atoms with Crippen LogP contribution in [-0.4, -0.2) is 65.5 Å². The van der Waals surface area contributed by atoms with E-state index in [0.717, 1.165) is 0 Å². The van der Waals surface area contributed by atoms with E-state index in [9.17, 15) is 19.6 Å². The molecule has 0 aliphatic carbocycles. The Morgan fingerprint density at radius 3 is 2.60 bits per heavy atom. The molecular formula is C31H38Cl2F2N6O2. The lowest BCUT2D eigenvalue weighted by atomic mass is 9.64. The highest BCUT2D eigenvalue weighted by Gasteiger charge is 2.55. The molecular weight excluding hydrogens is 597 g/mol. The molecule has 0 spiro atoms. The van der Waals surface area contributed by atoms with E-state index in [0.29, 0.717) is 43.8 Å². The highest BCUT2D eigenvalue weighted by molar-refractivity contribution is 6.31. The molecule has 2 heterocycles. The fraction of sp³-hybridized carbons (Fsp3) is 0.452. The number of hydrogen-bond donors (Lipinski definition) is 3. The van der Waals surface area contributed by atoms with Crippen LogP contribution in [0, 0.1) is 28.4 Å². The maximum absolute atomic E-state index is 15.0. The van der Waals surface area contributed by atoms with Crippen LogP contribution < -0.4 is 10.6 Å². The highest BCUT2D eigenvalue weighted by atomic mass is 35.5. The Hall–Kier alpha value is -3.07. The molecule has 232 valence electrons. The molecule has 1 aromatic heterocycles. The average Bonchev–Trinajstić information content (AvgIpc) is 3.49. The van der Waals surface area contributed by atoms with Gasteiger partial charge in [-0.1, -0.05) is 62.2 Å². The van der Waals surface area contributed by atoms with Gasteiger partial charge < -0.3 is 20.6 Å². The zero-order valence-corrected chi connectivity index (χ0v) is 26.4. The molecule has 1 aliphatic heterocycles. The van der Waals surface area contributed by atoms with Gasteiger partial charge in [0.2, 0.25) is 6.41 Å². The van der Waals surface area contributed by atoms with Gasteiger partial charge >= 0.3 is 0 Å². The van der Waals surface area contributed by atoms with E-state index in [1.165, 1.54) is 12.1 Å². The van der Waals surface area contributed by atoms with Gasteiger partial charge in [-0.3, -0.25) is 9.48 Å². The number of hydrogen-bond acceptors (Lipinski definition) is 6. The van der Waals surface area contributed by atoms with Crippen LogP contribution >= 0.6 is 23.2 Å². The van der Waals surface area contributed by atoms with E-state index in [4.69, 9.17) is 23.2 Å². The van der Waals surface area contributed by atoms with Crippen LogP contribution in [0.15, 0.2) is 48.7 Å². The van der Waals surface area contributed by atoms with E-state index in [1.807, 2.05) is 19.0 Å². The van der Waals surface area contributed by atoms with Crippen molar-refractivity contribution < 1.29 is 18.7 Å². The van der Waals surface area contributed by atoms with Gasteiger partial charge in [-0.2, -0.15) is 10.4 Å². The van der Waals surface area contributed by atoms with Gasteiger partial charge in [0, 0.05) is 47.9 Å². The minimum absolute atomic E-state index is 0.0137. The molecule has 3 aromatic rings. The Morgan fingerprint density at radius 2 is 2.00 bits per heavy atom. The van der Waals surface area contributed by atoms with Gasteiger partial charge in [0.1, 0.15) is 17.0 Å². The molecule has 4 rings (SSSR count). The summed E-state index contributed by atoms with van der Waals surface area (Å²) < 4.78 is 31.5. The van der Waals surface area contributed by atoms with Crippen molar-refractivity contribution in [2.45, 2.75) is 57.2 Å². The van der Waals surface area contributed by atoms with Gasteiger partial charge in [0.25, 0.3) is 0 Å². The first-order valence-corrected chi connectivity index (χ1v) is 14.6. The third-order valence-electron chi connectivity index (χ3n) is 7.22. The summed E-state index contributed by atoms with van der Waals surface area (Å²) in [5, 5.41) is 30.1. The number of amides is 1. The van der Waals surface area contributed by atoms with Crippen LogP contribution in [0.3, 0.4) is 0 Å². The summed E-state index contributed by atoms with van der Waals surface area (Å²) in [7, 11) is 3.79. The second kappa shape index (κ2) is 14.6. The number of carbonyl (C=O) groups excluding carboxylic acids is 1. The number of likely N-dealkylation sites (N-methyl/N-ethyl adjacent to an activating group) is 1. The predicted molar refractivity (Wildman–Crippen MR) is 165 cm³/mol. The molecule has 2 aromatic carbocycles. The largest absolute Gasteiger partial charge is 0.390 e. The third kappa shape index (κ3) is 8.52. The number of nitrogens with one attached hydrogen (secondary N) is 2.